The molecular formula is C18H14O. The molecule has 0 saturated carbocycles. The first-order chi connectivity index (χ1) is 9.17. The Balaban J connectivity index is 2.32. The van der Waals surface area contributed by atoms with Gasteiger partial charge in [-0.25, -0.2) is 0 Å². The monoisotopic (exact) mass is 246 g/mol. The highest BCUT2D eigenvalue weighted by Crippen LogP contribution is 2.25. The number of benzene rings is 3. The predicted molar refractivity (Wildman–Crippen MR) is 81.5 cm³/mol. The molecule has 92 valence electrons. The highest BCUT2D eigenvalue weighted by atomic mass is 16.1. The van der Waals surface area contributed by atoms with Crippen LogP contribution >= 0.6 is 0 Å². The lowest BCUT2D eigenvalue weighted by atomic mass is 9.99. The summed E-state index contributed by atoms with van der Waals surface area (Å²) >= 11 is 0. The van der Waals surface area contributed by atoms with E-state index in [-0.39, 0.29) is 5.78 Å². The summed E-state index contributed by atoms with van der Waals surface area (Å²) in [4.78, 5) is 11.4. The lowest BCUT2D eigenvalue weighted by Gasteiger charge is -2.05. The number of ketones is 1. The van der Waals surface area contributed by atoms with Crippen molar-refractivity contribution < 1.29 is 4.79 Å². The van der Waals surface area contributed by atoms with E-state index >= 15 is 0 Å². The van der Waals surface area contributed by atoms with Crippen LogP contribution in [0.2, 0.25) is 0 Å². The Kier molecular flexibility index (Phi) is 2.68. The zero-order valence-corrected chi connectivity index (χ0v) is 10.8. The Bertz CT molecular complexity index is 812. The fourth-order valence-corrected chi connectivity index (χ4v) is 2.36. The number of rotatable bonds is 2. The maximum absolute atomic E-state index is 11.4. The van der Waals surface area contributed by atoms with Gasteiger partial charge in [0.05, 0.1) is 0 Å². The first-order valence-corrected chi connectivity index (χ1v) is 6.28. The predicted octanol–water partition coefficient (Wildman–Crippen LogP) is 4.84. The molecule has 0 aromatic heterocycles. The van der Waals surface area contributed by atoms with Crippen LogP contribution < -0.4 is 0 Å². The molecule has 0 radical (unpaired) electrons. The van der Waals surface area contributed by atoms with E-state index in [0.29, 0.717) is 0 Å². The molecular weight excluding hydrogens is 232 g/mol. The Morgan fingerprint density at radius 2 is 1.53 bits per heavy atom. The molecule has 0 N–H and O–H groups in total. The molecule has 0 unspecified atom stereocenters. The van der Waals surface area contributed by atoms with Crippen molar-refractivity contribution >= 4 is 33.4 Å². The summed E-state index contributed by atoms with van der Waals surface area (Å²) in [6.07, 6.45) is 1.84. The third-order valence-corrected chi connectivity index (χ3v) is 3.46. The smallest absolute Gasteiger partial charge is 0.159 e. The van der Waals surface area contributed by atoms with Gasteiger partial charge in [-0.2, -0.15) is 0 Å². The lowest BCUT2D eigenvalue weighted by molar-refractivity contribution is 0.101. The number of fused-ring (bicyclic) bond motifs is 2. The van der Waals surface area contributed by atoms with Gasteiger partial charge in [-0.05, 0) is 58.3 Å². The van der Waals surface area contributed by atoms with Gasteiger partial charge in [0.25, 0.3) is 0 Å². The van der Waals surface area contributed by atoms with Gasteiger partial charge in [0.15, 0.2) is 5.78 Å². The minimum Gasteiger partial charge on any atom is -0.295 e. The largest absolute Gasteiger partial charge is 0.295 e. The van der Waals surface area contributed by atoms with Gasteiger partial charge >= 0.3 is 0 Å². The highest BCUT2D eigenvalue weighted by molar-refractivity contribution is 6.03. The van der Waals surface area contributed by atoms with E-state index in [0.717, 1.165) is 21.9 Å². The standard InChI is InChI=1S/C18H14O/c1-3-13-4-5-15-10-16-7-6-14(12(2)19)9-18(16)11-17(15)8-13/h3-11H,1H2,2H3. The highest BCUT2D eigenvalue weighted by Gasteiger charge is 2.03. The second kappa shape index (κ2) is 4.36. The van der Waals surface area contributed by atoms with E-state index < -0.39 is 0 Å². The molecule has 0 amide bonds. The molecule has 0 saturated heterocycles. The second-order valence-corrected chi connectivity index (χ2v) is 4.78. The van der Waals surface area contributed by atoms with E-state index in [1.54, 1.807) is 6.92 Å². The summed E-state index contributed by atoms with van der Waals surface area (Å²) in [6, 6.07) is 16.4. The van der Waals surface area contributed by atoms with Crippen LogP contribution in [-0.2, 0) is 0 Å². The quantitative estimate of drug-likeness (QED) is 0.467. The van der Waals surface area contributed by atoms with Gasteiger partial charge in [0.2, 0.25) is 0 Å². The zero-order valence-electron chi connectivity index (χ0n) is 10.8. The number of carbonyl (C=O) groups is 1. The van der Waals surface area contributed by atoms with E-state index in [1.165, 1.54) is 10.8 Å². The van der Waals surface area contributed by atoms with Crippen molar-refractivity contribution in [3.63, 3.8) is 0 Å². The fourth-order valence-electron chi connectivity index (χ4n) is 2.36. The minimum absolute atomic E-state index is 0.0989. The topological polar surface area (TPSA) is 17.1 Å². The molecule has 0 aliphatic carbocycles. The molecule has 0 aliphatic heterocycles. The maximum Gasteiger partial charge on any atom is 0.159 e. The fraction of sp³-hybridized carbons (Fsp3) is 0.0556. The molecule has 1 heteroatoms. The summed E-state index contributed by atoms with van der Waals surface area (Å²) < 4.78 is 0. The minimum atomic E-state index is 0.0989. The molecule has 0 fully saturated rings. The molecule has 0 aliphatic rings. The molecule has 0 atom stereocenters. The van der Waals surface area contributed by atoms with Crippen LogP contribution in [0.25, 0.3) is 27.6 Å². The van der Waals surface area contributed by atoms with Crippen molar-refractivity contribution in [3.8, 4) is 0 Å². The van der Waals surface area contributed by atoms with Gasteiger partial charge in [-0.15, -0.1) is 0 Å². The van der Waals surface area contributed by atoms with Gasteiger partial charge < -0.3 is 0 Å². The Morgan fingerprint density at radius 3 is 2.21 bits per heavy atom. The van der Waals surface area contributed by atoms with E-state index in [9.17, 15) is 4.79 Å². The molecule has 0 heterocycles. The lowest BCUT2D eigenvalue weighted by Crippen LogP contribution is -1.91. The molecule has 19 heavy (non-hydrogen) atoms. The van der Waals surface area contributed by atoms with Crippen LogP contribution in [0.5, 0.6) is 0 Å². The van der Waals surface area contributed by atoms with Gasteiger partial charge in [-0.3, -0.25) is 4.79 Å². The van der Waals surface area contributed by atoms with Crippen molar-refractivity contribution in [2.75, 3.05) is 0 Å². The van der Waals surface area contributed by atoms with Crippen LogP contribution in [0, 0.1) is 0 Å². The zero-order chi connectivity index (χ0) is 13.4. The second-order valence-electron chi connectivity index (χ2n) is 4.78. The van der Waals surface area contributed by atoms with Crippen molar-refractivity contribution in [2.45, 2.75) is 6.92 Å². The van der Waals surface area contributed by atoms with Gasteiger partial charge in [-0.1, -0.05) is 36.9 Å². The normalized spacial score (nSPS) is 10.8. The number of hydrogen-bond acceptors (Lipinski definition) is 1. The molecule has 3 rings (SSSR count). The van der Waals surface area contributed by atoms with Crippen LogP contribution in [0.15, 0.2) is 55.1 Å². The van der Waals surface area contributed by atoms with E-state index in [2.05, 4.69) is 36.9 Å². The third kappa shape index (κ3) is 2.04. The molecule has 1 nitrogen and oxygen atoms in total. The summed E-state index contributed by atoms with van der Waals surface area (Å²) in [5.41, 5.74) is 1.86. The number of hydrogen-bond donors (Lipinski definition) is 0. The first-order valence-electron chi connectivity index (χ1n) is 6.28. The van der Waals surface area contributed by atoms with Gasteiger partial charge in [0, 0.05) is 5.56 Å². The molecule has 0 bridgehead atoms. The average molecular weight is 246 g/mol. The maximum atomic E-state index is 11.4. The summed E-state index contributed by atoms with van der Waals surface area (Å²) in [5.74, 6) is 0.0989. The molecule has 3 aromatic carbocycles. The molecule has 3 aromatic rings. The number of carbonyl (C=O) groups excluding carboxylic acids is 1. The van der Waals surface area contributed by atoms with Crippen LogP contribution in [-0.4, -0.2) is 5.78 Å². The Morgan fingerprint density at radius 1 is 0.895 bits per heavy atom. The van der Waals surface area contributed by atoms with Crippen LogP contribution in [0.1, 0.15) is 22.8 Å². The van der Waals surface area contributed by atoms with Crippen LogP contribution in [0.3, 0.4) is 0 Å². The van der Waals surface area contributed by atoms with Crippen molar-refractivity contribution in [2.24, 2.45) is 0 Å². The Labute approximate surface area is 112 Å². The number of Topliss-reactive ketones (excluding diaryl/α,β-unsaturated/α-hetero) is 1. The summed E-state index contributed by atoms with van der Waals surface area (Å²) in [5, 5.41) is 4.63. The summed E-state index contributed by atoms with van der Waals surface area (Å²) in [7, 11) is 0. The van der Waals surface area contributed by atoms with E-state index in [4.69, 9.17) is 0 Å². The van der Waals surface area contributed by atoms with Crippen molar-refractivity contribution in [1.82, 2.24) is 0 Å². The van der Waals surface area contributed by atoms with Crippen LogP contribution in [0.4, 0.5) is 0 Å². The average Bonchev–Trinajstić information content (AvgIpc) is 2.43. The Hall–Kier alpha value is -2.41. The first kappa shape index (κ1) is 11.7. The SMILES string of the molecule is C=Cc1ccc2cc3ccc(C(C)=O)cc3cc2c1. The van der Waals surface area contributed by atoms with Crippen molar-refractivity contribution in [3.05, 3.63) is 66.2 Å². The van der Waals surface area contributed by atoms with Gasteiger partial charge in [0.1, 0.15) is 0 Å². The van der Waals surface area contributed by atoms with E-state index in [1.807, 2.05) is 24.3 Å². The molecule has 0 spiro atoms. The third-order valence-electron chi connectivity index (χ3n) is 3.46. The summed E-state index contributed by atoms with van der Waals surface area (Å²) in [6.45, 7) is 5.39. The van der Waals surface area contributed by atoms with Crippen molar-refractivity contribution in [1.29, 1.82) is 0 Å².